The molecule has 0 aliphatic rings. The molecule has 0 aliphatic carbocycles. The van der Waals surface area contributed by atoms with Crippen molar-refractivity contribution in [3.63, 3.8) is 0 Å². The number of hydrogen-bond acceptors (Lipinski definition) is 2. The number of phenolic OH excluding ortho intramolecular Hbond substituents is 1. The Morgan fingerprint density at radius 1 is 1.24 bits per heavy atom. The highest BCUT2D eigenvalue weighted by atomic mass is 16.4. The van der Waals surface area contributed by atoms with Gasteiger partial charge >= 0.3 is 5.97 Å². The minimum absolute atomic E-state index is 0.215. The number of benzene rings is 1. The predicted molar refractivity (Wildman–Crippen MR) is 67.0 cm³/mol. The lowest BCUT2D eigenvalue weighted by Gasteiger charge is -2.19. The van der Waals surface area contributed by atoms with Crippen molar-refractivity contribution >= 4 is 5.97 Å². The first-order valence-electron chi connectivity index (χ1n) is 5.52. The van der Waals surface area contributed by atoms with Crippen LogP contribution in [0.4, 0.5) is 0 Å². The van der Waals surface area contributed by atoms with Crippen LogP contribution in [0.2, 0.25) is 0 Å². The molecule has 0 atom stereocenters. The second kappa shape index (κ2) is 5.04. The minimum Gasteiger partial charge on any atom is -0.508 e. The van der Waals surface area contributed by atoms with Gasteiger partial charge in [0.2, 0.25) is 0 Å². The fraction of sp³-hybridized carbons (Fsp3) is 0.357. The van der Waals surface area contributed by atoms with Crippen LogP contribution in [-0.2, 0) is 11.2 Å². The third-order valence-corrected chi connectivity index (χ3v) is 2.52. The maximum Gasteiger partial charge on any atom is 0.331 e. The van der Waals surface area contributed by atoms with Crippen molar-refractivity contribution in [3.05, 3.63) is 41.5 Å². The molecular weight excluding hydrogens is 216 g/mol. The Morgan fingerprint density at radius 3 is 2.18 bits per heavy atom. The number of carboxylic acid groups (broad SMARTS) is 1. The Labute approximate surface area is 101 Å². The Kier molecular flexibility index (Phi) is 3.94. The molecule has 0 bridgehead atoms. The molecular formula is C14H18O3. The van der Waals surface area contributed by atoms with E-state index >= 15 is 0 Å². The number of carboxylic acids is 1. The van der Waals surface area contributed by atoms with Gasteiger partial charge < -0.3 is 10.2 Å². The van der Waals surface area contributed by atoms with E-state index in [1.807, 2.05) is 20.8 Å². The van der Waals surface area contributed by atoms with E-state index in [1.54, 1.807) is 30.3 Å². The van der Waals surface area contributed by atoms with Crippen LogP contribution < -0.4 is 0 Å². The molecule has 0 fully saturated rings. The average Bonchev–Trinajstić information content (AvgIpc) is 2.18. The maximum absolute atomic E-state index is 11.1. The molecule has 2 N–H and O–H groups in total. The van der Waals surface area contributed by atoms with Gasteiger partial charge in [0.15, 0.2) is 0 Å². The van der Waals surface area contributed by atoms with Gasteiger partial charge in [0, 0.05) is 5.57 Å². The monoisotopic (exact) mass is 234 g/mol. The van der Waals surface area contributed by atoms with Crippen molar-refractivity contribution in [2.24, 2.45) is 5.41 Å². The van der Waals surface area contributed by atoms with E-state index in [0.717, 1.165) is 5.56 Å². The molecule has 0 aromatic heterocycles. The minimum atomic E-state index is -0.878. The second-order valence-corrected chi connectivity index (χ2v) is 5.04. The van der Waals surface area contributed by atoms with Crippen molar-refractivity contribution in [1.82, 2.24) is 0 Å². The summed E-state index contributed by atoms with van der Waals surface area (Å²) < 4.78 is 0. The first-order valence-corrected chi connectivity index (χ1v) is 5.52. The Bertz CT molecular complexity index is 422. The molecule has 0 saturated heterocycles. The maximum atomic E-state index is 11.1. The van der Waals surface area contributed by atoms with Crippen LogP contribution >= 0.6 is 0 Å². The second-order valence-electron chi connectivity index (χ2n) is 5.04. The molecule has 0 amide bonds. The van der Waals surface area contributed by atoms with Gasteiger partial charge in [-0.2, -0.15) is 0 Å². The number of allylic oxidation sites excluding steroid dienone is 1. The summed E-state index contributed by atoms with van der Waals surface area (Å²) >= 11 is 0. The highest BCUT2D eigenvalue weighted by molar-refractivity contribution is 5.87. The molecule has 1 aromatic carbocycles. The van der Waals surface area contributed by atoms with E-state index in [-0.39, 0.29) is 11.2 Å². The number of rotatable bonds is 3. The highest BCUT2D eigenvalue weighted by Crippen LogP contribution is 2.25. The molecule has 92 valence electrons. The van der Waals surface area contributed by atoms with Gasteiger partial charge in [-0.15, -0.1) is 0 Å². The number of hydrogen-bond donors (Lipinski definition) is 2. The van der Waals surface area contributed by atoms with Crippen molar-refractivity contribution in [3.8, 4) is 5.75 Å². The zero-order chi connectivity index (χ0) is 13.1. The van der Waals surface area contributed by atoms with Crippen molar-refractivity contribution in [2.45, 2.75) is 27.2 Å². The van der Waals surface area contributed by atoms with Crippen LogP contribution in [0.15, 0.2) is 35.9 Å². The summed E-state index contributed by atoms with van der Waals surface area (Å²) in [7, 11) is 0. The van der Waals surface area contributed by atoms with Gasteiger partial charge in [-0.1, -0.05) is 39.0 Å². The van der Waals surface area contributed by atoms with E-state index < -0.39 is 5.97 Å². The predicted octanol–water partition coefficient (Wildman–Crippen LogP) is 2.99. The molecule has 0 aliphatic heterocycles. The smallest absolute Gasteiger partial charge is 0.331 e. The lowest BCUT2D eigenvalue weighted by atomic mass is 9.85. The van der Waals surface area contributed by atoms with Crippen molar-refractivity contribution < 1.29 is 15.0 Å². The standard InChI is InChI=1S/C14H18O3/c1-14(2,3)12(13(16)17)9-6-10-4-7-11(15)8-5-10/h4-5,7-9,15H,6H2,1-3H3,(H,16,17). The highest BCUT2D eigenvalue weighted by Gasteiger charge is 2.22. The molecule has 0 heterocycles. The van der Waals surface area contributed by atoms with Crippen LogP contribution in [0.3, 0.4) is 0 Å². The van der Waals surface area contributed by atoms with Crippen LogP contribution in [0.1, 0.15) is 26.3 Å². The largest absolute Gasteiger partial charge is 0.508 e. The Morgan fingerprint density at radius 2 is 1.76 bits per heavy atom. The molecule has 0 radical (unpaired) electrons. The number of carbonyl (C=O) groups is 1. The average molecular weight is 234 g/mol. The summed E-state index contributed by atoms with van der Waals surface area (Å²) in [6.07, 6.45) is 2.29. The summed E-state index contributed by atoms with van der Waals surface area (Å²) in [5.41, 5.74) is 1.01. The van der Waals surface area contributed by atoms with Crippen LogP contribution in [0.25, 0.3) is 0 Å². The van der Waals surface area contributed by atoms with Gasteiger partial charge in [-0.3, -0.25) is 0 Å². The van der Waals surface area contributed by atoms with Gasteiger partial charge in [0.25, 0.3) is 0 Å². The summed E-state index contributed by atoms with van der Waals surface area (Å²) in [6.45, 7) is 5.64. The molecule has 17 heavy (non-hydrogen) atoms. The first-order chi connectivity index (χ1) is 7.80. The van der Waals surface area contributed by atoms with E-state index in [9.17, 15) is 4.79 Å². The molecule has 3 nitrogen and oxygen atoms in total. The van der Waals surface area contributed by atoms with Gasteiger partial charge in [-0.25, -0.2) is 4.79 Å². The normalized spacial score (nSPS) is 12.5. The van der Waals surface area contributed by atoms with Gasteiger partial charge in [-0.05, 0) is 29.5 Å². The number of aromatic hydroxyl groups is 1. The van der Waals surface area contributed by atoms with Crippen molar-refractivity contribution in [1.29, 1.82) is 0 Å². The Balaban J connectivity index is 2.87. The van der Waals surface area contributed by atoms with E-state index in [1.165, 1.54) is 0 Å². The molecule has 3 heteroatoms. The number of aliphatic carboxylic acids is 1. The number of phenols is 1. The van der Waals surface area contributed by atoms with Crippen LogP contribution in [0, 0.1) is 5.41 Å². The summed E-state index contributed by atoms with van der Waals surface area (Å²) in [4.78, 5) is 11.1. The molecule has 0 spiro atoms. The zero-order valence-corrected chi connectivity index (χ0v) is 10.4. The summed E-state index contributed by atoms with van der Waals surface area (Å²) in [5, 5.41) is 18.3. The summed E-state index contributed by atoms with van der Waals surface area (Å²) in [5.74, 6) is -0.664. The quantitative estimate of drug-likeness (QED) is 0.790. The first kappa shape index (κ1) is 13.3. The SMILES string of the molecule is CC(C)(C)C(=CCc1ccc(O)cc1)C(=O)O. The lowest BCUT2D eigenvalue weighted by molar-refractivity contribution is -0.133. The third kappa shape index (κ3) is 3.94. The van der Waals surface area contributed by atoms with E-state index in [4.69, 9.17) is 10.2 Å². The van der Waals surface area contributed by atoms with Gasteiger partial charge in [0.05, 0.1) is 0 Å². The fourth-order valence-electron chi connectivity index (χ4n) is 1.57. The van der Waals surface area contributed by atoms with Gasteiger partial charge in [0.1, 0.15) is 5.75 Å². The zero-order valence-electron chi connectivity index (χ0n) is 10.4. The van der Waals surface area contributed by atoms with E-state index in [2.05, 4.69) is 0 Å². The molecule has 0 saturated carbocycles. The van der Waals surface area contributed by atoms with Crippen LogP contribution in [0.5, 0.6) is 5.75 Å². The Hall–Kier alpha value is -1.77. The fourth-order valence-corrected chi connectivity index (χ4v) is 1.57. The van der Waals surface area contributed by atoms with E-state index in [0.29, 0.717) is 12.0 Å². The lowest BCUT2D eigenvalue weighted by Crippen LogP contribution is -2.17. The summed E-state index contributed by atoms with van der Waals surface area (Å²) in [6, 6.07) is 6.77. The molecule has 1 aromatic rings. The van der Waals surface area contributed by atoms with Crippen molar-refractivity contribution in [2.75, 3.05) is 0 Å². The topological polar surface area (TPSA) is 57.5 Å². The molecule has 0 unspecified atom stereocenters. The molecule has 1 rings (SSSR count). The third-order valence-electron chi connectivity index (χ3n) is 2.52. The van der Waals surface area contributed by atoms with Crippen LogP contribution in [-0.4, -0.2) is 16.2 Å².